The topological polar surface area (TPSA) is 75.7 Å². The average molecular weight is 330 g/mol. The van der Waals surface area contributed by atoms with Crippen molar-refractivity contribution in [1.29, 1.82) is 0 Å². The summed E-state index contributed by atoms with van der Waals surface area (Å²) in [5.41, 5.74) is 0.722. The molecule has 1 aromatic rings. The Balaban J connectivity index is 1.77. The molecule has 3 rings (SSSR count). The molecule has 0 saturated carbocycles. The van der Waals surface area contributed by atoms with Gasteiger partial charge in [0.25, 0.3) is 11.8 Å². The molecule has 1 fully saturated rings. The molecule has 128 valence electrons. The average Bonchev–Trinajstić information content (AvgIpc) is 3.16. The van der Waals surface area contributed by atoms with E-state index in [9.17, 15) is 14.4 Å². The molecule has 6 nitrogen and oxygen atoms in total. The molecule has 2 aliphatic heterocycles. The van der Waals surface area contributed by atoms with E-state index in [0.29, 0.717) is 24.3 Å². The zero-order valence-corrected chi connectivity index (χ0v) is 14.0. The number of carbonyl (C=O) groups is 3. The lowest BCUT2D eigenvalue weighted by atomic mass is 10.0. The molecule has 2 atom stereocenters. The van der Waals surface area contributed by atoms with Crippen LogP contribution in [0.15, 0.2) is 24.3 Å². The van der Waals surface area contributed by atoms with Crippen LogP contribution < -0.4 is 5.32 Å². The predicted octanol–water partition coefficient (Wildman–Crippen LogP) is 1.60. The van der Waals surface area contributed by atoms with Crippen LogP contribution in [0.3, 0.4) is 0 Å². The third kappa shape index (κ3) is 2.94. The molecule has 24 heavy (non-hydrogen) atoms. The summed E-state index contributed by atoms with van der Waals surface area (Å²) in [6, 6.07) is 5.86. The van der Waals surface area contributed by atoms with Crippen LogP contribution in [0.25, 0.3) is 0 Å². The van der Waals surface area contributed by atoms with Gasteiger partial charge in [0.15, 0.2) is 0 Å². The van der Waals surface area contributed by atoms with Crippen LogP contribution in [-0.2, 0) is 9.53 Å². The number of nitrogens with one attached hydrogen (secondary N) is 1. The van der Waals surface area contributed by atoms with E-state index in [1.807, 2.05) is 13.8 Å². The Hall–Kier alpha value is -2.21. The fourth-order valence-electron chi connectivity index (χ4n) is 3.30. The van der Waals surface area contributed by atoms with E-state index in [0.717, 1.165) is 17.7 Å². The van der Waals surface area contributed by atoms with Gasteiger partial charge >= 0.3 is 0 Å². The summed E-state index contributed by atoms with van der Waals surface area (Å²) in [5.74, 6) is -1.30. The van der Waals surface area contributed by atoms with E-state index in [4.69, 9.17) is 4.74 Å². The van der Waals surface area contributed by atoms with Crippen LogP contribution in [0, 0.1) is 5.92 Å². The second-order valence-corrected chi connectivity index (χ2v) is 6.59. The quantitative estimate of drug-likeness (QED) is 0.832. The van der Waals surface area contributed by atoms with Gasteiger partial charge in [0.2, 0.25) is 5.91 Å². The Morgan fingerprint density at radius 3 is 2.38 bits per heavy atom. The van der Waals surface area contributed by atoms with E-state index in [-0.39, 0.29) is 17.9 Å². The molecule has 3 amide bonds. The molecular weight excluding hydrogens is 308 g/mol. The van der Waals surface area contributed by atoms with Gasteiger partial charge in [-0.1, -0.05) is 26.0 Å². The maximum Gasteiger partial charge on any atom is 0.262 e. The maximum atomic E-state index is 12.7. The number of fused-ring (bicyclic) bond motifs is 1. The summed E-state index contributed by atoms with van der Waals surface area (Å²) in [5, 5.41) is 2.84. The van der Waals surface area contributed by atoms with Crippen LogP contribution in [0.4, 0.5) is 0 Å². The highest BCUT2D eigenvalue weighted by atomic mass is 16.5. The first kappa shape index (κ1) is 16.6. The lowest BCUT2D eigenvalue weighted by Crippen LogP contribution is -2.53. The molecule has 1 N–H and O–H groups in total. The molecule has 0 aliphatic carbocycles. The number of benzene rings is 1. The number of ether oxygens (including phenoxy) is 1. The molecule has 1 saturated heterocycles. The number of nitrogens with zero attached hydrogens (tertiary/aromatic N) is 1. The standard InChI is InChI=1S/C18H22N2O4/c1-11(2)15(16(21)19-10-12-6-5-9-24-12)20-17(22)13-7-3-4-8-14(13)18(20)23/h3-4,7-8,11-12,15H,5-6,9-10H2,1-2H3,(H,19,21)/t12-,15-/m1/s1. The fourth-order valence-corrected chi connectivity index (χ4v) is 3.30. The third-order valence-electron chi connectivity index (χ3n) is 4.53. The molecule has 0 aromatic heterocycles. The Morgan fingerprint density at radius 2 is 1.88 bits per heavy atom. The molecule has 6 heteroatoms. The van der Waals surface area contributed by atoms with Crippen LogP contribution in [0.5, 0.6) is 0 Å². The molecule has 0 bridgehead atoms. The van der Waals surface area contributed by atoms with Gasteiger partial charge < -0.3 is 10.1 Å². The second kappa shape index (κ2) is 6.73. The monoisotopic (exact) mass is 330 g/mol. The molecule has 0 unspecified atom stereocenters. The third-order valence-corrected chi connectivity index (χ3v) is 4.53. The SMILES string of the molecule is CC(C)[C@H](C(=O)NC[C@H]1CCCO1)N1C(=O)c2ccccc2C1=O. The van der Waals surface area contributed by atoms with E-state index in [1.54, 1.807) is 24.3 Å². The van der Waals surface area contributed by atoms with Crippen LogP contribution in [-0.4, -0.2) is 47.9 Å². The number of amides is 3. The maximum absolute atomic E-state index is 12.7. The molecule has 0 radical (unpaired) electrons. The largest absolute Gasteiger partial charge is 0.376 e. The zero-order valence-electron chi connectivity index (χ0n) is 14.0. The van der Waals surface area contributed by atoms with Gasteiger partial charge in [-0.25, -0.2) is 0 Å². The van der Waals surface area contributed by atoms with Crippen molar-refractivity contribution in [2.75, 3.05) is 13.2 Å². The summed E-state index contributed by atoms with van der Waals surface area (Å²) in [6.07, 6.45) is 1.93. The van der Waals surface area contributed by atoms with Crippen molar-refractivity contribution in [3.8, 4) is 0 Å². The van der Waals surface area contributed by atoms with Crippen LogP contribution >= 0.6 is 0 Å². The van der Waals surface area contributed by atoms with Crippen molar-refractivity contribution in [2.24, 2.45) is 5.92 Å². The Morgan fingerprint density at radius 1 is 1.25 bits per heavy atom. The van der Waals surface area contributed by atoms with Crippen molar-refractivity contribution in [3.05, 3.63) is 35.4 Å². The number of rotatable bonds is 5. The fraction of sp³-hybridized carbons (Fsp3) is 0.500. The Labute approximate surface area is 141 Å². The highest BCUT2D eigenvalue weighted by Crippen LogP contribution is 2.27. The first-order chi connectivity index (χ1) is 11.5. The zero-order chi connectivity index (χ0) is 17.3. The smallest absolute Gasteiger partial charge is 0.262 e. The molecule has 2 aliphatic rings. The van der Waals surface area contributed by atoms with Gasteiger partial charge in [-0.2, -0.15) is 0 Å². The minimum Gasteiger partial charge on any atom is -0.376 e. The molecule has 2 heterocycles. The summed E-state index contributed by atoms with van der Waals surface area (Å²) in [7, 11) is 0. The van der Waals surface area contributed by atoms with Gasteiger partial charge in [0.1, 0.15) is 6.04 Å². The van der Waals surface area contributed by atoms with E-state index in [1.165, 1.54) is 0 Å². The normalized spacial score (nSPS) is 21.3. The molecular formula is C18H22N2O4. The van der Waals surface area contributed by atoms with E-state index >= 15 is 0 Å². The van der Waals surface area contributed by atoms with Crippen molar-refractivity contribution >= 4 is 17.7 Å². The number of hydrogen-bond donors (Lipinski definition) is 1. The second-order valence-electron chi connectivity index (χ2n) is 6.59. The number of imide groups is 1. The number of hydrogen-bond acceptors (Lipinski definition) is 4. The lowest BCUT2D eigenvalue weighted by molar-refractivity contribution is -0.126. The summed E-state index contributed by atoms with van der Waals surface area (Å²) in [6.45, 7) is 4.79. The molecule has 1 aromatic carbocycles. The van der Waals surface area contributed by atoms with Gasteiger partial charge in [0, 0.05) is 13.2 Å². The summed E-state index contributed by atoms with van der Waals surface area (Å²) >= 11 is 0. The lowest BCUT2D eigenvalue weighted by Gasteiger charge is -2.28. The van der Waals surface area contributed by atoms with E-state index < -0.39 is 17.9 Å². The van der Waals surface area contributed by atoms with Gasteiger partial charge in [-0.15, -0.1) is 0 Å². The van der Waals surface area contributed by atoms with Gasteiger partial charge in [-0.05, 0) is 30.9 Å². The predicted molar refractivity (Wildman–Crippen MR) is 87.6 cm³/mol. The Bertz CT molecular complexity index is 630. The van der Waals surface area contributed by atoms with Crippen LogP contribution in [0.1, 0.15) is 47.4 Å². The van der Waals surface area contributed by atoms with E-state index in [2.05, 4.69) is 5.32 Å². The first-order valence-electron chi connectivity index (χ1n) is 8.37. The van der Waals surface area contributed by atoms with Crippen molar-refractivity contribution in [3.63, 3.8) is 0 Å². The van der Waals surface area contributed by atoms with Crippen LogP contribution in [0.2, 0.25) is 0 Å². The van der Waals surface area contributed by atoms with Gasteiger partial charge in [-0.3, -0.25) is 19.3 Å². The molecule has 0 spiro atoms. The first-order valence-corrected chi connectivity index (χ1v) is 8.37. The Kier molecular flexibility index (Phi) is 4.66. The van der Waals surface area contributed by atoms with Crippen molar-refractivity contribution in [2.45, 2.75) is 38.8 Å². The number of carbonyl (C=O) groups excluding carboxylic acids is 3. The minimum absolute atomic E-state index is 0.0175. The minimum atomic E-state index is -0.821. The highest BCUT2D eigenvalue weighted by molar-refractivity contribution is 6.22. The summed E-state index contributed by atoms with van der Waals surface area (Å²) in [4.78, 5) is 39.0. The van der Waals surface area contributed by atoms with Gasteiger partial charge in [0.05, 0.1) is 17.2 Å². The summed E-state index contributed by atoms with van der Waals surface area (Å²) < 4.78 is 5.50. The van der Waals surface area contributed by atoms with Crippen molar-refractivity contribution in [1.82, 2.24) is 10.2 Å². The highest BCUT2D eigenvalue weighted by Gasteiger charge is 2.43. The van der Waals surface area contributed by atoms with Crippen molar-refractivity contribution < 1.29 is 19.1 Å².